The molecular weight excluding hydrogens is 310 g/mol. The molecule has 1 heterocycles. The minimum absolute atomic E-state index is 0.471. The molecule has 0 radical (unpaired) electrons. The predicted molar refractivity (Wildman–Crippen MR) is 102 cm³/mol. The minimum atomic E-state index is 0.471. The zero-order valence-electron chi connectivity index (χ0n) is 14.9. The van der Waals surface area contributed by atoms with E-state index in [0.29, 0.717) is 19.1 Å². The highest BCUT2D eigenvalue weighted by atomic mass is 16.5. The van der Waals surface area contributed by atoms with Gasteiger partial charge in [-0.15, -0.1) is 0 Å². The molecule has 0 aliphatic carbocycles. The van der Waals surface area contributed by atoms with Gasteiger partial charge in [0.1, 0.15) is 17.0 Å². The highest BCUT2D eigenvalue weighted by molar-refractivity contribution is 5.84. The molecule has 0 saturated heterocycles. The summed E-state index contributed by atoms with van der Waals surface area (Å²) in [5.41, 5.74) is 2.19. The Labute approximate surface area is 149 Å². The first kappa shape index (κ1) is 17.3. The van der Waals surface area contributed by atoms with Crippen molar-refractivity contribution in [3.05, 3.63) is 66.4 Å². The molecule has 0 aliphatic heterocycles. The predicted octanol–water partition coefficient (Wildman–Crippen LogP) is 5.60. The summed E-state index contributed by atoms with van der Waals surface area (Å²) in [5.74, 6) is 2.32. The molecule has 3 nitrogen and oxygen atoms in total. The van der Waals surface area contributed by atoms with Gasteiger partial charge in [-0.1, -0.05) is 50.2 Å². The minimum Gasteiger partial charge on any atom is -0.493 e. The van der Waals surface area contributed by atoms with Gasteiger partial charge in [-0.3, -0.25) is 4.98 Å². The van der Waals surface area contributed by atoms with Crippen LogP contribution in [0.15, 0.2) is 60.8 Å². The monoisotopic (exact) mass is 335 g/mol. The lowest BCUT2D eigenvalue weighted by atomic mass is 10.0. The van der Waals surface area contributed by atoms with E-state index in [9.17, 15) is 0 Å². The number of benzene rings is 2. The van der Waals surface area contributed by atoms with Crippen LogP contribution < -0.4 is 9.47 Å². The van der Waals surface area contributed by atoms with Gasteiger partial charge in [0.05, 0.1) is 13.2 Å². The van der Waals surface area contributed by atoms with Crippen molar-refractivity contribution in [2.24, 2.45) is 0 Å². The van der Waals surface area contributed by atoms with E-state index in [1.165, 1.54) is 5.56 Å². The summed E-state index contributed by atoms with van der Waals surface area (Å²) in [5, 5.41) is 1.11. The summed E-state index contributed by atoms with van der Waals surface area (Å²) in [6.07, 6.45) is 3.72. The van der Waals surface area contributed by atoms with Crippen LogP contribution in [0.5, 0.6) is 11.5 Å². The molecule has 0 amide bonds. The third kappa shape index (κ3) is 4.50. The van der Waals surface area contributed by atoms with Gasteiger partial charge in [0.15, 0.2) is 0 Å². The van der Waals surface area contributed by atoms with Crippen molar-refractivity contribution < 1.29 is 9.47 Å². The molecule has 1 aromatic heterocycles. The topological polar surface area (TPSA) is 31.4 Å². The Kier molecular flexibility index (Phi) is 5.89. The smallest absolute Gasteiger partial charge is 0.145 e. The van der Waals surface area contributed by atoms with Gasteiger partial charge in [-0.25, -0.2) is 0 Å². The first-order valence-electron chi connectivity index (χ1n) is 8.94. The Morgan fingerprint density at radius 2 is 1.48 bits per heavy atom. The molecule has 0 spiro atoms. The van der Waals surface area contributed by atoms with Crippen molar-refractivity contribution in [2.75, 3.05) is 13.2 Å². The summed E-state index contributed by atoms with van der Waals surface area (Å²) < 4.78 is 11.9. The van der Waals surface area contributed by atoms with E-state index >= 15 is 0 Å². The maximum atomic E-state index is 5.95. The van der Waals surface area contributed by atoms with Crippen LogP contribution in [0, 0.1) is 0 Å². The maximum absolute atomic E-state index is 5.95. The number of rotatable bonds is 8. The van der Waals surface area contributed by atoms with E-state index < -0.39 is 0 Å². The summed E-state index contributed by atoms with van der Waals surface area (Å²) in [6, 6.07) is 18.3. The fourth-order valence-corrected chi connectivity index (χ4v) is 2.85. The van der Waals surface area contributed by atoms with Crippen molar-refractivity contribution in [3.63, 3.8) is 0 Å². The van der Waals surface area contributed by atoms with Crippen LogP contribution in [0.4, 0.5) is 0 Å². The second kappa shape index (κ2) is 8.52. The van der Waals surface area contributed by atoms with Gasteiger partial charge < -0.3 is 9.47 Å². The van der Waals surface area contributed by atoms with Crippen molar-refractivity contribution in [3.8, 4) is 11.5 Å². The molecule has 0 bridgehead atoms. The van der Waals surface area contributed by atoms with Gasteiger partial charge in [-0.2, -0.15) is 0 Å². The quantitative estimate of drug-likeness (QED) is 0.502. The zero-order valence-corrected chi connectivity index (χ0v) is 14.9. The average molecular weight is 335 g/mol. The molecule has 2 aromatic carbocycles. The molecule has 3 rings (SSSR count). The second-order valence-corrected chi connectivity index (χ2v) is 6.43. The number of ether oxygens (including phenoxy) is 2. The molecule has 0 unspecified atom stereocenters. The van der Waals surface area contributed by atoms with E-state index in [4.69, 9.17) is 9.47 Å². The third-order valence-corrected chi connectivity index (χ3v) is 4.19. The molecule has 0 saturated carbocycles. The highest BCUT2D eigenvalue weighted by Crippen LogP contribution is 2.26. The van der Waals surface area contributed by atoms with E-state index in [2.05, 4.69) is 43.1 Å². The number of hydrogen-bond acceptors (Lipinski definition) is 3. The van der Waals surface area contributed by atoms with Gasteiger partial charge in [0.25, 0.3) is 0 Å². The first-order chi connectivity index (χ1) is 12.3. The molecule has 3 aromatic rings. The number of nitrogens with zero attached hydrogens (tertiary/aromatic N) is 1. The lowest BCUT2D eigenvalue weighted by Gasteiger charge is -2.14. The Balaban J connectivity index is 1.45. The van der Waals surface area contributed by atoms with Crippen molar-refractivity contribution in [2.45, 2.75) is 32.6 Å². The van der Waals surface area contributed by atoms with Gasteiger partial charge in [-0.05, 0) is 42.5 Å². The lowest BCUT2D eigenvalue weighted by Crippen LogP contribution is -2.04. The fraction of sp³-hybridized carbons (Fsp3) is 0.318. The number of para-hydroxylation sites is 2. The standard InChI is InChI=1S/C22H25NO2/c1-17(2)19-11-3-4-12-20(19)24-15-5-6-16-25-21-13-7-9-18-10-8-14-23-22(18)21/h3-4,7-14,17H,5-6,15-16H2,1-2H3. The van der Waals surface area contributed by atoms with Crippen LogP contribution in [0.1, 0.15) is 38.2 Å². The molecule has 130 valence electrons. The van der Waals surface area contributed by atoms with Gasteiger partial charge in [0, 0.05) is 11.6 Å². The zero-order chi connectivity index (χ0) is 17.5. The van der Waals surface area contributed by atoms with Crippen molar-refractivity contribution in [1.29, 1.82) is 0 Å². The van der Waals surface area contributed by atoms with Crippen LogP contribution >= 0.6 is 0 Å². The largest absolute Gasteiger partial charge is 0.493 e. The highest BCUT2D eigenvalue weighted by Gasteiger charge is 2.06. The molecular formula is C22H25NO2. The van der Waals surface area contributed by atoms with Crippen LogP contribution in [-0.4, -0.2) is 18.2 Å². The normalized spacial score (nSPS) is 11.0. The summed E-state index contributed by atoms with van der Waals surface area (Å²) in [6.45, 7) is 5.76. The molecule has 25 heavy (non-hydrogen) atoms. The fourth-order valence-electron chi connectivity index (χ4n) is 2.85. The van der Waals surface area contributed by atoms with Gasteiger partial charge >= 0.3 is 0 Å². The number of unbranched alkanes of at least 4 members (excludes halogenated alkanes) is 1. The second-order valence-electron chi connectivity index (χ2n) is 6.43. The Hall–Kier alpha value is -2.55. The molecule has 0 atom stereocenters. The van der Waals surface area contributed by atoms with E-state index in [0.717, 1.165) is 35.2 Å². The molecule has 0 aliphatic rings. The number of hydrogen-bond donors (Lipinski definition) is 0. The SMILES string of the molecule is CC(C)c1ccccc1OCCCCOc1cccc2cccnc12. The number of pyridine rings is 1. The summed E-state index contributed by atoms with van der Waals surface area (Å²) in [4.78, 5) is 4.41. The summed E-state index contributed by atoms with van der Waals surface area (Å²) >= 11 is 0. The van der Waals surface area contributed by atoms with Crippen LogP contribution in [0.3, 0.4) is 0 Å². The third-order valence-electron chi connectivity index (χ3n) is 4.19. The average Bonchev–Trinajstić information content (AvgIpc) is 2.65. The van der Waals surface area contributed by atoms with Crippen LogP contribution in [-0.2, 0) is 0 Å². The van der Waals surface area contributed by atoms with Crippen LogP contribution in [0.25, 0.3) is 10.9 Å². The van der Waals surface area contributed by atoms with E-state index in [1.54, 1.807) is 6.20 Å². The molecule has 3 heteroatoms. The number of aromatic nitrogens is 1. The summed E-state index contributed by atoms with van der Waals surface area (Å²) in [7, 11) is 0. The van der Waals surface area contributed by atoms with Crippen LogP contribution in [0.2, 0.25) is 0 Å². The molecule has 0 fully saturated rings. The van der Waals surface area contributed by atoms with Crippen molar-refractivity contribution in [1.82, 2.24) is 4.98 Å². The number of fused-ring (bicyclic) bond motifs is 1. The lowest BCUT2D eigenvalue weighted by molar-refractivity contribution is 0.266. The first-order valence-corrected chi connectivity index (χ1v) is 8.94. The van der Waals surface area contributed by atoms with E-state index in [1.807, 2.05) is 30.3 Å². The Morgan fingerprint density at radius 1 is 0.800 bits per heavy atom. The van der Waals surface area contributed by atoms with Gasteiger partial charge in [0.2, 0.25) is 0 Å². The van der Waals surface area contributed by atoms with E-state index in [-0.39, 0.29) is 0 Å². The van der Waals surface area contributed by atoms with Crippen molar-refractivity contribution >= 4 is 10.9 Å². The maximum Gasteiger partial charge on any atom is 0.145 e. The molecule has 0 N–H and O–H groups in total. The Morgan fingerprint density at radius 3 is 2.28 bits per heavy atom. The Bertz CT molecular complexity index is 808.